The zero-order valence-corrected chi connectivity index (χ0v) is 20.0. The number of thiophene rings is 1. The van der Waals surface area contributed by atoms with Crippen molar-refractivity contribution in [3.63, 3.8) is 0 Å². The molecule has 0 saturated carbocycles. The van der Waals surface area contributed by atoms with Crippen LogP contribution in [0.2, 0.25) is 0 Å². The Balaban J connectivity index is 1.81. The van der Waals surface area contributed by atoms with E-state index in [-0.39, 0.29) is 23.9 Å². The number of esters is 1. The lowest BCUT2D eigenvalue weighted by Gasteiger charge is -2.15. The predicted molar refractivity (Wildman–Crippen MR) is 119 cm³/mol. The zero-order chi connectivity index (χ0) is 21.3. The number of nitrogens with one attached hydrogen (secondary N) is 1. The Morgan fingerprint density at radius 2 is 1.93 bits per heavy atom. The molecule has 0 bridgehead atoms. The molecule has 1 N–H and O–H groups in total. The molecule has 1 aliphatic carbocycles. The van der Waals surface area contributed by atoms with E-state index in [9.17, 15) is 9.59 Å². The minimum Gasteiger partial charge on any atom is -0.459 e. The molecule has 2 heterocycles. The first-order valence-electron chi connectivity index (χ1n) is 10.0. The van der Waals surface area contributed by atoms with E-state index in [4.69, 9.17) is 4.74 Å². The van der Waals surface area contributed by atoms with Gasteiger partial charge in [-0.05, 0) is 74.9 Å². The lowest BCUT2D eigenvalue weighted by atomic mass is 9.95. The van der Waals surface area contributed by atoms with Crippen LogP contribution in [0.5, 0.6) is 0 Å². The number of amides is 1. The van der Waals surface area contributed by atoms with Crippen molar-refractivity contribution in [2.45, 2.75) is 73.0 Å². The molecule has 0 saturated heterocycles. The van der Waals surface area contributed by atoms with E-state index in [0.29, 0.717) is 17.1 Å². The number of aromatic nitrogens is 2. The number of rotatable bonds is 6. The van der Waals surface area contributed by atoms with Crippen LogP contribution < -0.4 is 5.32 Å². The largest absolute Gasteiger partial charge is 0.459 e. The molecule has 158 valence electrons. The fourth-order valence-corrected chi connectivity index (χ4v) is 5.14. The molecule has 2 aromatic heterocycles. The highest BCUT2D eigenvalue weighted by Gasteiger charge is 2.29. The summed E-state index contributed by atoms with van der Waals surface area (Å²) in [6.07, 6.45) is 3.78. The third kappa shape index (κ3) is 4.74. The van der Waals surface area contributed by atoms with E-state index in [1.165, 1.54) is 16.2 Å². The number of carbonyl (C=O) groups is 2. The summed E-state index contributed by atoms with van der Waals surface area (Å²) < 4.78 is 8.28. The molecule has 1 unspecified atom stereocenters. The van der Waals surface area contributed by atoms with Crippen LogP contribution in [0.25, 0.3) is 0 Å². The van der Waals surface area contributed by atoms with Crippen LogP contribution in [0, 0.1) is 19.8 Å². The van der Waals surface area contributed by atoms with Crippen LogP contribution >= 0.6 is 27.3 Å². The van der Waals surface area contributed by atoms with Crippen LogP contribution in [0.1, 0.15) is 65.8 Å². The van der Waals surface area contributed by atoms with Gasteiger partial charge in [0, 0.05) is 10.6 Å². The molecule has 1 aliphatic rings. The average Bonchev–Trinajstić information content (AvgIpc) is 3.13. The second-order valence-electron chi connectivity index (χ2n) is 7.93. The molecule has 0 spiro atoms. The number of hydrogen-bond acceptors (Lipinski definition) is 5. The number of hydrogen-bond donors (Lipinski definition) is 1. The molecular weight excluding hydrogens is 454 g/mol. The molecule has 0 fully saturated rings. The smallest absolute Gasteiger partial charge is 0.341 e. The summed E-state index contributed by atoms with van der Waals surface area (Å²) in [5, 5.41) is 8.12. The van der Waals surface area contributed by atoms with Crippen LogP contribution in [0.15, 0.2) is 4.47 Å². The Labute approximate surface area is 184 Å². The Kier molecular flexibility index (Phi) is 6.83. The summed E-state index contributed by atoms with van der Waals surface area (Å²) in [7, 11) is 0. The van der Waals surface area contributed by atoms with E-state index in [1.807, 2.05) is 39.3 Å². The second-order valence-corrected chi connectivity index (χ2v) is 9.82. The number of halogens is 1. The van der Waals surface area contributed by atoms with Gasteiger partial charge >= 0.3 is 5.97 Å². The Bertz CT molecular complexity index is 932. The van der Waals surface area contributed by atoms with E-state index < -0.39 is 0 Å². The molecule has 0 aliphatic heterocycles. The summed E-state index contributed by atoms with van der Waals surface area (Å²) in [4.78, 5) is 26.9. The number of anilines is 1. The van der Waals surface area contributed by atoms with Crippen molar-refractivity contribution in [2.75, 3.05) is 5.32 Å². The van der Waals surface area contributed by atoms with Gasteiger partial charge in [0.2, 0.25) is 5.91 Å². The first-order valence-corrected chi connectivity index (χ1v) is 11.7. The predicted octanol–water partition coefficient (Wildman–Crippen LogP) is 5.04. The highest BCUT2D eigenvalue weighted by Crippen LogP contribution is 2.39. The van der Waals surface area contributed by atoms with Gasteiger partial charge in [-0.3, -0.25) is 9.48 Å². The molecule has 1 amide bonds. The third-order valence-electron chi connectivity index (χ3n) is 5.14. The molecule has 0 aromatic carbocycles. The van der Waals surface area contributed by atoms with E-state index in [1.54, 1.807) is 0 Å². The van der Waals surface area contributed by atoms with Gasteiger partial charge in [-0.15, -0.1) is 11.3 Å². The van der Waals surface area contributed by atoms with Gasteiger partial charge in [0.25, 0.3) is 0 Å². The SMILES string of the molecule is Cc1nn(CC(C)C(=O)Nc2sc3c(c2C(=O)OC(C)C)CCCC3)c(C)c1Br. The average molecular weight is 482 g/mol. The number of aryl methyl sites for hydroxylation is 2. The fourth-order valence-electron chi connectivity index (χ4n) is 3.57. The number of fused-ring (bicyclic) bond motifs is 1. The molecule has 6 nitrogen and oxygen atoms in total. The van der Waals surface area contributed by atoms with Crippen molar-refractivity contribution >= 4 is 44.1 Å². The normalized spacial score (nSPS) is 14.6. The van der Waals surface area contributed by atoms with E-state index in [2.05, 4.69) is 26.3 Å². The standard InChI is InChI=1S/C21H28BrN3O3S/c1-11(2)28-21(27)17-15-8-6-7-9-16(15)29-20(17)23-19(26)12(3)10-25-14(5)18(22)13(4)24-25/h11-12H,6-10H2,1-5H3,(H,23,26). The van der Waals surface area contributed by atoms with Crippen molar-refractivity contribution in [3.05, 3.63) is 31.9 Å². The highest BCUT2D eigenvalue weighted by atomic mass is 79.9. The topological polar surface area (TPSA) is 73.2 Å². The molecule has 0 radical (unpaired) electrons. The minimum atomic E-state index is -0.343. The summed E-state index contributed by atoms with van der Waals surface area (Å²) >= 11 is 5.04. The van der Waals surface area contributed by atoms with Gasteiger partial charge in [0.1, 0.15) is 5.00 Å². The summed E-state index contributed by atoms with van der Waals surface area (Å²) in [5.74, 6) is -0.760. The van der Waals surface area contributed by atoms with Gasteiger partial charge in [-0.25, -0.2) is 4.79 Å². The van der Waals surface area contributed by atoms with E-state index >= 15 is 0 Å². The van der Waals surface area contributed by atoms with Gasteiger partial charge in [-0.1, -0.05) is 6.92 Å². The molecular formula is C21H28BrN3O3S. The molecule has 3 rings (SSSR count). The van der Waals surface area contributed by atoms with Gasteiger partial charge in [0.05, 0.1) is 34.3 Å². The van der Waals surface area contributed by atoms with Crippen molar-refractivity contribution in [1.29, 1.82) is 0 Å². The number of nitrogens with zero attached hydrogens (tertiary/aromatic N) is 2. The lowest BCUT2D eigenvalue weighted by Crippen LogP contribution is -2.26. The van der Waals surface area contributed by atoms with Crippen molar-refractivity contribution in [2.24, 2.45) is 5.92 Å². The van der Waals surface area contributed by atoms with Crippen molar-refractivity contribution in [1.82, 2.24) is 9.78 Å². The van der Waals surface area contributed by atoms with E-state index in [0.717, 1.165) is 47.1 Å². The molecule has 29 heavy (non-hydrogen) atoms. The summed E-state index contributed by atoms with van der Waals surface area (Å²) in [6, 6.07) is 0. The quantitative estimate of drug-likeness (QED) is 0.586. The van der Waals surface area contributed by atoms with Crippen LogP contribution in [0.4, 0.5) is 5.00 Å². The van der Waals surface area contributed by atoms with Gasteiger partial charge in [-0.2, -0.15) is 5.10 Å². The van der Waals surface area contributed by atoms with Crippen molar-refractivity contribution in [3.8, 4) is 0 Å². The molecule has 8 heteroatoms. The van der Waals surface area contributed by atoms with Gasteiger partial charge < -0.3 is 10.1 Å². The van der Waals surface area contributed by atoms with Crippen LogP contribution in [-0.2, 0) is 28.9 Å². The monoisotopic (exact) mass is 481 g/mol. The second kappa shape index (κ2) is 9.00. The van der Waals surface area contributed by atoms with Crippen LogP contribution in [-0.4, -0.2) is 27.8 Å². The maximum absolute atomic E-state index is 12.9. The number of ether oxygens (including phenoxy) is 1. The summed E-state index contributed by atoms with van der Waals surface area (Å²) in [5.41, 5.74) is 3.50. The Morgan fingerprint density at radius 1 is 1.24 bits per heavy atom. The van der Waals surface area contributed by atoms with Crippen LogP contribution in [0.3, 0.4) is 0 Å². The third-order valence-corrected chi connectivity index (χ3v) is 7.50. The summed E-state index contributed by atoms with van der Waals surface area (Å²) in [6.45, 7) is 9.93. The minimum absolute atomic E-state index is 0.120. The maximum atomic E-state index is 12.9. The zero-order valence-electron chi connectivity index (χ0n) is 17.6. The lowest BCUT2D eigenvalue weighted by molar-refractivity contribution is -0.119. The first-order chi connectivity index (χ1) is 13.7. The van der Waals surface area contributed by atoms with Crippen molar-refractivity contribution < 1.29 is 14.3 Å². The van der Waals surface area contributed by atoms with Gasteiger partial charge in [0.15, 0.2) is 0 Å². The molecule has 2 aromatic rings. The number of carbonyl (C=O) groups excluding carboxylic acids is 2. The Hall–Kier alpha value is -1.67. The highest BCUT2D eigenvalue weighted by molar-refractivity contribution is 9.10. The molecule has 1 atom stereocenters. The maximum Gasteiger partial charge on any atom is 0.341 e. The Morgan fingerprint density at radius 3 is 2.55 bits per heavy atom. The first kappa shape index (κ1) is 22.0. The fraction of sp³-hybridized carbons (Fsp3) is 0.571.